The van der Waals surface area contributed by atoms with E-state index in [1.165, 1.54) is 12.3 Å². The summed E-state index contributed by atoms with van der Waals surface area (Å²) >= 11 is 11.4. The van der Waals surface area contributed by atoms with Gasteiger partial charge in [0.1, 0.15) is 5.15 Å². The van der Waals surface area contributed by atoms with Gasteiger partial charge in [0, 0.05) is 19.2 Å². The lowest BCUT2D eigenvalue weighted by atomic mass is 10.2. The predicted molar refractivity (Wildman–Crippen MR) is 64.7 cm³/mol. The standard InChI is InChI=1S/C11H10Cl2N2O/c1-2-3-4-5-14-11(16)8-6-9(12)10(13)15-7-8/h1,6-7H,3-5H2,(H,14,16). The largest absolute Gasteiger partial charge is 0.352 e. The van der Waals surface area contributed by atoms with Crippen LogP contribution in [0.15, 0.2) is 12.3 Å². The first-order valence-electron chi connectivity index (χ1n) is 4.68. The number of nitrogens with one attached hydrogen (secondary N) is 1. The summed E-state index contributed by atoms with van der Waals surface area (Å²) in [4.78, 5) is 15.4. The van der Waals surface area contributed by atoms with Crippen molar-refractivity contribution in [2.75, 3.05) is 6.54 Å². The Labute approximate surface area is 104 Å². The van der Waals surface area contributed by atoms with Crippen molar-refractivity contribution in [3.05, 3.63) is 28.0 Å². The second-order valence-electron chi connectivity index (χ2n) is 3.06. The lowest BCUT2D eigenvalue weighted by molar-refractivity contribution is 0.0953. The number of carbonyl (C=O) groups is 1. The molecule has 0 spiro atoms. The second-order valence-corrected chi connectivity index (χ2v) is 3.83. The van der Waals surface area contributed by atoms with Gasteiger partial charge in [0.05, 0.1) is 10.6 Å². The third-order valence-electron chi connectivity index (χ3n) is 1.84. The van der Waals surface area contributed by atoms with E-state index in [9.17, 15) is 4.79 Å². The fourth-order valence-electron chi connectivity index (χ4n) is 1.04. The molecule has 1 N–H and O–H groups in total. The highest BCUT2D eigenvalue weighted by Gasteiger charge is 2.07. The van der Waals surface area contributed by atoms with Crippen LogP contribution in [0.2, 0.25) is 10.2 Å². The maximum Gasteiger partial charge on any atom is 0.252 e. The van der Waals surface area contributed by atoms with Crippen molar-refractivity contribution in [3.63, 3.8) is 0 Å². The van der Waals surface area contributed by atoms with Gasteiger partial charge in [-0.05, 0) is 12.5 Å². The Hall–Kier alpha value is -1.24. The highest BCUT2D eigenvalue weighted by Crippen LogP contribution is 2.19. The molecule has 0 atom stereocenters. The van der Waals surface area contributed by atoms with Crippen molar-refractivity contribution in [2.24, 2.45) is 0 Å². The van der Waals surface area contributed by atoms with Gasteiger partial charge in [0.2, 0.25) is 0 Å². The van der Waals surface area contributed by atoms with E-state index in [0.717, 1.165) is 6.42 Å². The Morgan fingerprint density at radius 1 is 1.56 bits per heavy atom. The molecular formula is C11H10Cl2N2O. The first-order valence-corrected chi connectivity index (χ1v) is 5.43. The van der Waals surface area contributed by atoms with E-state index in [2.05, 4.69) is 16.2 Å². The van der Waals surface area contributed by atoms with Crippen LogP contribution in [-0.4, -0.2) is 17.4 Å². The summed E-state index contributed by atoms with van der Waals surface area (Å²) in [6.07, 6.45) is 7.85. The fraction of sp³-hybridized carbons (Fsp3) is 0.273. The molecule has 0 fully saturated rings. The third-order valence-corrected chi connectivity index (χ3v) is 2.53. The van der Waals surface area contributed by atoms with Crippen LogP contribution < -0.4 is 5.32 Å². The number of halogens is 2. The van der Waals surface area contributed by atoms with Crippen molar-refractivity contribution < 1.29 is 4.79 Å². The van der Waals surface area contributed by atoms with E-state index in [0.29, 0.717) is 18.5 Å². The number of nitrogens with zero attached hydrogens (tertiary/aromatic N) is 1. The number of hydrogen-bond acceptors (Lipinski definition) is 2. The van der Waals surface area contributed by atoms with Crippen molar-refractivity contribution in [1.82, 2.24) is 10.3 Å². The van der Waals surface area contributed by atoms with Crippen molar-refractivity contribution in [2.45, 2.75) is 12.8 Å². The zero-order valence-corrected chi connectivity index (χ0v) is 9.98. The molecule has 0 unspecified atom stereocenters. The highest BCUT2D eigenvalue weighted by atomic mass is 35.5. The zero-order valence-electron chi connectivity index (χ0n) is 8.46. The molecule has 84 valence electrons. The van der Waals surface area contributed by atoms with Gasteiger partial charge in [-0.15, -0.1) is 12.3 Å². The lowest BCUT2D eigenvalue weighted by Gasteiger charge is -2.04. The van der Waals surface area contributed by atoms with Gasteiger partial charge in [-0.25, -0.2) is 4.98 Å². The second kappa shape index (κ2) is 6.37. The molecule has 1 aromatic rings. The summed E-state index contributed by atoms with van der Waals surface area (Å²) < 4.78 is 0. The Bertz CT molecular complexity index is 426. The average Bonchev–Trinajstić information content (AvgIpc) is 2.28. The van der Waals surface area contributed by atoms with E-state index >= 15 is 0 Å². The Morgan fingerprint density at radius 3 is 2.94 bits per heavy atom. The van der Waals surface area contributed by atoms with Crippen LogP contribution in [0.4, 0.5) is 0 Å². The van der Waals surface area contributed by atoms with Crippen LogP contribution in [0, 0.1) is 12.3 Å². The minimum absolute atomic E-state index is 0.186. The predicted octanol–water partition coefficient (Wildman–Crippen LogP) is 2.53. The van der Waals surface area contributed by atoms with Gasteiger partial charge in [0.15, 0.2) is 0 Å². The fourth-order valence-corrected chi connectivity index (χ4v) is 1.31. The van der Waals surface area contributed by atoms with Crippen LogP contribution in [-0.2, 0) is 0 Å². The molecule has 0 aliphatic heterocycles. The number of rotatable bonds is 4. The van der Waals surface area contributed by atoms with Gasteiger partial charge >= 0.3 is 0 Å². The zero-order chi connectivity index (χ0) is 12.0. The number of aromatic nitrogens is 1. The van der Waals surface area contributed by atoms with E-state index < -0.39 is 0 Å². The molecule has 0 aliphatic carbocycles. The normalized spacial score (nSPS) is 9.56. The summed E-state index contributed by atoms with van der Waals surface area (Å²) in [6.45, 7) is 0.531. The van der Waals surface area contributed by atoms with Crippen molar-refractivity contribution in [3.8, 4) is 12.3 Å². The molecule has 1 rings (SSSR count). The van der Waals surface area contributed by atoms with Crippen molar-refractivity contribution in [1.29, 1.82) is 0 Å². The molecule has 0 aromatic carbocycles. The molecule has 1 heterocycles. The molecule has 3 nitrogen and oxygen atoms in total. The number of pyridine rings is 1. The molecule has 0 saturated carbocycles. The quantitative estimate of drug-likeness (QED) is 0.511. The lowest BCUT2D eigenvalue weighted by Crippen LogP contribution is -2.24. The van der Waals surface area contributed by atoms with Gasteiger partial charge in [-0.3, -0.25) is 4.79 Å². The molecule has 5 heteroatoms. The SMILES string of the molecule is C#CCCCNC(=O)c1cnc(Cl)c(Cl)c1. The number of unbranched alkanes of at least 4 members (excludes halogenated alkanes) is 1. The Balaban J connectivity index is 2.53. The number of amides is 1. The van der Waals surface area contributed by atoms with Crippen LogP contribution in [0.3, 0.4) is 0 Å². The third kappa shape index (κ3) is 3.73. The molecule has 1 amide bonds. The molecule has 16 heavy (non-hydrogen) atoms. The van der Waals surface area contributed by atoms with Gasteiger partial charge in [0.25, 0.3) is 5.91 Å². The molecule has 0 saturated heterocycles. The van der Waals surface area contributed by atoms with E-state index in [1.54, 1.807) is 0 Å². The van der Waals surface area contributed by atoms with Gasteiger partial charge < -0.3 is 5.32 Å². The summed E-state index contributed by atoms with van der Waals surface area (Å²) in [6, 6.07) is 1.48. The van der Waals surface area contributed by atoms with Crippen LogP contribution in [0.5, 0.6) is 0 Å². The molecule has 0 bridgehead atoms. The monoisotopic (exact) mass is 256 g/mol. The van der Waals surface area contributed by atoms with Crippen LogP contribution in [0.1, 0.15) is 23.2 Å². The van der Waals surface area contributed by atoms with E-state index in [4.69, 9.17) is 29.6 Å². The number of hydrogen-bond donors (Lipinski definition) is 1. The van der Waals surface area contributed by atoms with Gasteiger partial charge in [-0.2, -0.15) is 0 Å². The summed E-state index contributed by atoms with van der Waals surface area (Å²) in [7, 11) is 0. The summed E-state index contributed by atoms with van der Waals surface area (Å²) in [5.41, 5.74) is 0.384. The first-order chi connectivity index (χ1) is 7.65. The molecule has 0 aliphatic rings. The maximum absolute atomic E-state index is 11.6. The molecule has 1 aromatic heterocycles. The van der Waals surface area contributed by atoms with E-state index in [1.807, 2.05) is 0 Å². The molecule has 0 radical (unpaired) electrons. The summed E-state index contributed by atoms with van der Waals surface area (Å²) in [5.74, 6) is 2.26. The smallest absolute Gasteiger partial charge is 0.252 e. The van der Waals surface area contributed by atoms with Gasteiger partial charge in [-0.1, -0.05) is 23.2 Å². The van der Waals surface area contributed by atoms with Crippen LogP contribution in [0.25, 0.3) is 0 Å². The van der Waals surface area contributed by atoms with E-state index in [-0.39, 0.29) is 16.1 Å². The number of carbonyl (C=O) groups excluding carboxylic acids is 1. The Kier molecular flexibility index (Phi) is 5.10. The van der Waals surface area contributed by atoms with Crippen molar-refractivity contribution >= 4 is 29.1 Å². The maximum atomic E-state index is 11.6. The first kappa shape index (κ1) is 12.8. The highest BCUT2D eigenvalue weighted by molar-refractivity contribution is 6.41. The molecular weight excluding hydrogens is 247 g/mol. The summed E-state index contributed by atoms with van der Waals surface area (Å²) in [5, 5.41) is 3.15. The Morgan fingerprint density at radius 2 is 2.31 bits per heavy atom. The average molecular weight is 257 g/mol. The number of terminal acetylenes is 1. The minimum atomic E-state index is -0.233. The topological polar surface area (TPSA) is 42.0 Å². The van der Waals surface area contributed by atoms with Crippen LogP contribution >= 0.6 is 23.2 Å². The minimum Gasteiger partial charge on any atom is -0.352 e.